The zero-order valence-corrected chi connectivity index (χ0v) is 13.2. The van der Waals surface area contributed by atoms with Crippen LogP contribution >= 0.6 is 11.6 Å². The number of benzene rings is 1. The number of halogens is 2. The van der Waals surface area contributed by atoms with Crippen LogP contribution in [0.25, 0.3) is 0 Å². The molecular weight excluding hydrogens is 289 g/mol. The Balaban J connectivity index is 2.09. The van der Waals surface area contributed by atoms with Crippen LogP contribution in [0.2, 0.25) is 5.02 Å². The van der Waals surface area contributed by atoms with Gasteiger partial charge in [-0.05, 0) is 49.6 Å². The van der Waals surface area contributed by atoms with Crippen molar-refractivity contribution in [1.29, 1.82) is 0 Å². The van der Waals surface area contributed by atoms with Gasteiger partial charge in [0.2, 0.25) is 0 Å². The first-order chi connectivity index (χ1) is 10.1. The molecule has 0 spiro atoms. The third kappa shape index (κ3) is 4.29. The van der Waals surface area contributed by atoms with Crippen LogP contribution in [0.3, 0.4) is 0 Å². The summed E-state index contributed by atoms with van der Waals surface area (Å²) in [6.45, 7) is 3.05. The second-order valence-corrected chi connectivity index (χ2v) is 5.57. The normalized spacial score (nSPS) is 12.6. The highest BCUT2D eigenvalue weighted by Gasteiger charge is 2.13. The third-order valence-electron chi connectivity index (χ3n) is 3.60. The van der Waals surface area contributed by atoms with Gasteiger partial charge in [0.1, 0.15) is 5.82 Å². The molecule has 1 aromatic heterocycles. The lowest BCUT2D eigenvalue weighted by Gasteiger charge is -2.19. The number of nitrogens with one attached hydrogen (secondary N) is 1. The first-order valence-corrected chi connectivity index (χ1v) is 7.64. The first kappa shape index (κ1) is 16.0. The van der Waals surface area contributed by atoms with Crippen molar-refractivity contribution < 1.29 is 4.39 Å². The van der Waals surface area contributed by atoms with E-state index in [1.807, 2.05) is 17.8 Å². The number of rotatable bonds is 7. The molecule has 0 saturated carbocycles. The number of hydrogen-bond acceptors (Lipinski definition) is 2. The minimum atomic E-state index is -0.374. The SMILES string of the molecule is CCCNC(CCc1ccnn1C)c1ccc(F)c(Cl)c1. The maximum absolute atomic E-state index is 13.3. The lowest BCUT2D eigenvalue weighted by molar-refractivity contribution is 0.490. The summed E-state index contributed by atoms with van der Waals surface area (Å²) < 4.78 is 15.2. The van der Waals surface area contributed by atoms with E-state index in [1.165, 1.54) is 11.8 Å². The van der Waals surface area contributed by atoms with Crippen LogP contribution in [0, 0.1) is 5.82 Å². The van der Waals surface area contributed by atoms with E-state index in [0.717, 1.165) is 31.4 Å². The molecule has 114 valence electrons. The Morgan fingerprint density at radius 3 is 2.81 bits per heavy atom. The zero-order chi connectivity index (χ0) is 15.2. The van der Waals surface area contributed by atoms with E-state index in [9.17, 15) is 4.39 Å². The van der Waals surface area contributed by atoms with Crippen molar-refractivity contribution in [1.82, 2.24) is 15.1 Å². The summed E-state index contributed by atoms with van der Waals surface area (Å²) in [5, 5.41) is 7.86. The van der Waals surface area contributed by atoms with E-state index in [0.29, 0.717) is 0 Å². The molecule has 0 aliphatic heterocycles. The Kier molecular flexibility index (Phi) is 5.76. The average Bonchev–Trinajstić information content (AvgIpc) is 2.88. The highest BCUT2D eigenvalue weighted by molar-refractivity contribution is 6.30. The predicted octanol–water partition coefficient (Wildman–Crippen LogP) is 3.89. The van der Waals surface area contributed by atoms with Crippen molar-refractivity contribution in [2.24, 2.45) is 7.05 Å². The summed E-state index contributed by atoms with van der Waals surface area (Å²) in [5.74, 6) is -0.374. The molecule has 1 atom stereocenters. The Labute approximate surface area is 130 Å². The van der Waals surface area contributed by atoms with Crippen LogP contribution in [0.15, 0.2) is 30.5 Å². The minimum Gasteiger partial charge on any atom is -0.310 e. The molecule has 21 heavy (non-hydrogen) atoms. The summed E-state index contributed by atoms with van der Waals surface area (Å²) in [6.07, 6.45) is 4.68. The van der Waals surface area contributed by atoms with Gasteiger partial charge in [-0.2, -0.15) is 5.10 Å². The molecular formula is C16H21ClFN3. The van der Waals surface area contributed by atoms with Crippen LogP contribution in [-0.4, -0.2) is 16.3 Å². The number of aromatic nitrogens is 2. The van der Waals surface area contributed by atoms with E-state index in [2.05, 4.69) is 17.3 Å². The molecule has 1 heterocycles. The molecule has 2 rings (SSSR count). The Hall–Kier alpha value is -1.39. The van der Waals surface area contributed by atoms with Crippen LogP contribution in [0.4, 0.5) is 4.39 Å². The molecule has 3 nitrogen and oxygen atoms in total. The second-order valence-electron chi connectivity index (χ2n) is 5.17. The van der Waals surface area contributed by atoms with Gasteiger partial charge >= 0.3 is 0 Å². The van der Waals surface area contributed by atoms with Crippen molar-refractivity contribution >= 4 is 11.6 Å². The van der Waals surface area contributed by atoms with Crippen LogP contribution < -0.4 is 5.32 Å². The number of hydrogen-bond donors (Lipinski definition) is 1. The molecule has 0 amide bonds. The van der Waals surface area contributed by atoms with E-state index in [-0.39, 0.29) is 16.9 Å². The van der Waals surface area contributed by atoms with Crippen LogP contribution in [0.5, 0.6) is 0 Å². The smallest absolute Gasteiger partial charge is 0.141 e. The van der Waals surface area contributed by atoms with Crippen LogP contribution in [0.1, 0.15) is 37.1 Å². The molecule has 0 saturated heterocycles. The van der Waals surface area contributed by atoms with E-state index >= 15 is 0 Å². The van der Waals surface area contributed by atoms with Gasteiger partial charge in [0.15, 0.2) is 0 Å². The molecule has 2 aromatic rings. The van der Waals surface area contributed by atoms with Crippen molar-refractivity contribution in [2.45, 2.75) is 32.2 Å². The summed E-state index contributed by atoms with van der Waals surface area (Å²) >= 11 is 5.90. The molecule has 0 radical (unpaired) electrons. The highest BCUT2D eigenvalue weighted by Crippen LogP contribution is 2.24. The highest BCUT2D eigenvalue weighted by atomic mass is 35.5. The topological polar surface area (TPSA) is 29.9 Å². The summed E-state index contributed by atoms with van der Waals surface area (Å²) in [7, 11) is 1.94. The fraction of sp³-hybridized carbons (Fsp3) is 0.438. The Morgan fingerprint density at radius 1 is 1.38 bits per heavy atom. The van der Waals surface area contributed by atoms with Crippen molar-refractivity contribution in [3.05, 3.63) is 52.6 Å². The maximum atomic E-state index is 13.3. The molecule has 5 heteroatoms. The Morgan fingerprint density at radius 2 is 2.19 bits per heavy atom. The lowest BCUT2D eigenvalue weighted by Crippen LogP contribution is -2.23. The Bertz CT molecular complexity index is 583. The first-order valence-electron chi connectivity index (χ1n) is 7.27. The van der Waals surface area contributed by atoms with Gasteiger partial charge in [0.05, 0.1) is 5.02 Å². The second kappa shape index (κ2) is 7.57. The average molecular weight is 310 g/mol. The van der Waals surface area contributed by atoms with E-state index in [4.69, 9.17) is 11.6 Å². The fourth-order valence-corrected chi connectivity index (χ4v) is 2.56. The standard InChI is InChI=1S/C16H21ClFN3/c1-3-9-19-16(7-5-13-8-10-20-21(13)2)12-4-6-15(18)14(17)11-12/h4,6,8,10-11,16,19H,3,5,7,9H2,1-2H3. The summed E-state index contributed by atoms with van der Waals surface area (Å²) in [5.41, 5.74) is 2.21. The van der Waals surface area contributed by atoms with Crippen molar-refractivity contribution in [3.8, 4) is 0 Å². The lowest BCUT2D eigenvalue weighted by atomic mass is 10.0. The molecule has 0 aliphatic rings. The number of nitrogens with zero attached hydrogens (tertiary/aromatic N) is 2. The van der Waals surface area contributed by atoms with Crippen molar-refractivity contribution in [3.63, 3.8) is 0 Å². The fourth-order valence-electron chi connectivity index (χ4n) is 2.37. The summed E-state index contributed by atoms with van der Waals surface area (Å²) in [4.78, 5) is 0. The minimum absolute atomic E-state index is 0.165. The van der Waals surface area contributed by atoms with Gasteiger partial charge in [-0.1, -0.05) is 24.6 Å². The summed E-state index contributed by atoms with van der Waals surface area (Å²) in [6, 6.07) is 7.14. The largest absolute Gasteiger partial charge is 0.310 e. The van der Waals surface area contributed by atoms with Gasteiger partial charge in [0.25, 0.3) is 0 Å². The van der Waals surface area contributed by atoms with Gasteiger partial charge in [-0.25, -0.2) is 4.39 Å². The van der Waals surface area contributed by atoms with Gasteiger partial charge in [0, 0.05) is 25.0 Å². The van der Waals surface area contributed by atoms with Crippen molar-refractivity contribution in [2.75, 3.05) is 6.54 Å². The zero-order valence-electron chi connectivity index (χ0n) is 12.4. The monoisotopic (exact) mass is 309 g/mol. The molecule has 0 aliphatic carbocycles. The van der Waals surface area contributed by atoms with Crippen LogP contribution in [-0.2, 0) is 13.5 Å². The quantitative estimate of drug-likeness (QED) is 0.841. The predicted molar refractivity (Wildman–Crippen MR) is 84.0 cm³/mol. The van der Waals surface area contributed by atoms with Gasteiger partial charge < -0.3 is 5.32 Å². The maximum Gasteiger partial charge on any atom is 0.141 e. The molecule has 1 unspecified atom stereocenters. The van der Waals surface area contributed by atoms with E-state index < -0.39 is 0 Å². The number of aryl methyl sites for hydroxylation is 2. The van der Waals surface area contributed by atoms with E-state index in [1.54, 1.807) is 18.3 Å². The van der Waals surface area contributed by atoms with Gasteiger partial charge in [-0.3, -0.25) is 4.68 Å². The van der Waals surface area contributed by atoms with Gasteiger partial charge in [-0.15, -0.1) is 0 Å². The molecule has 1 N–H and O–H groups in total. The molecule has 0 bridgehead atoms. The molecule has 0 fully saturated rings. The third-order valence-corrected chi connectivity index (χ3v) is 3.89. The molecule has 1 aromatic carbocycles.